The van der Waals surface area contributed by atoms with Gasteiger partial charge in [0.2, 0.25) is 0 Å². The molecule has 1 aromatic rings. The maximum Gasteiger partial charge on any atom is 0.122 e. The van der Waals surface area contributed by atoms with Crippen LogP contribution in [0.4, 0.5) is 0 Å². The highest BCUT2D eigenvalue weighted by atomic mass is 16.5. The van der Waals surface area contributed by atoms with Crippen LogP contribution in [0.25, 0.3) is 0 Å². The van der Waals surface area contributed by atoms with Gasteiger partial charge in [-0.2, -0.15) is 0 Å². The summed E-state index contributed by atoms with van der Waals surface area (Å²) in [7, 11) is 2.09. The van der Waals surface area contributed by atoms with Gasteiger partial charge in [-0.05, 0) is 26.0 Å². The number of hydrogen-bond donors (Lipinski definition) is 1. The van der Waals surface area contributed by atoms with Crippen LogP contribution in [-0.2, 0) is 17.8 Å². The second-order valence-corrected chi connectivity index (χ2v) is 4.40. The summed E-state index contributed by atoms with van der Waals surface area (Å²) < 4.78 is 11.0. The molecule has 1 unspecified atom stereocenters. The molecule has 0 spiro atoms. The van der Waals surface area contributed by atoms with E-state index in [0.29, 0.717) is 12.6 Å². The SMILES string of the molecule is CN(Cc1occc1CN)CC1CCCO1. The van der Waals surface area contributed by atoms with Crippen LogP contribution in [0, 0.1) is 0 Å². The van der Waals surface area contributed by atoms with E-state index < -0.39 is 0 Å². The molecule has 0 aliphatic carbocycles. The average molecular weight is 224 g/mol. The minimum Gasteiger partial charge on any atom is -0.468 e. The number of furan rings is 1. The molecule has 0 radical (unpaired) electrons. The van der Waals surface area contributed by atoms with Crippen molar-refractivity contribution in [2.75, 3.05) is 20.2 Å². The van der Waals surface area contributed by atoms with E-state index in [1.165, 1.54) is 12.8 Å². The van der Waals surface area contributed by atoms with Crippen LogP contribution in [0.2, 0.25) is 0 Å². The van der Waals surface area contributed by atoms with Gasteiger partial charge in [0, 0.05) is 25.3 Å². The molecule has 1 aromatic heterocycles. The third-order valence-corrected chi connectivity index (χ3v) is 3.01. The van der Waals surface area contributed by atoms with Gasteiger partial charge in [0.05, 0.1) is 18.9 Å². The Balaban J connectivity index is 1.84. The minimum atomic E-state index is 0.390. The molecule has 0 aromatic carbocycles. The van der Waals surface area contributed by atoms with E-state index >= 15 is 0 Å². The lowest BCUT2D eigenvalue weighted by Crippen LogP contribution is -2.28. The van der Waals surface area contributed by atoms with Gasteiger partial charge in [0.25, 0.3) is 0 Å². The molecule has 4 heteroatoms. The van der Waals surface area contributed by atoms with Crippen LogP contribution in [0.5, 0.6) is 0 Å². The van der Waals surface area contributed by atoms with Gasteiger partial charge in [-0.25, -0.2) is 0 Å². The van der Waals surface area contributed by atoms with Crippen molar-refractivity contribution < 1.29 is 9.15 Å². The van der Waals surface area contributed by atoms with Crippen LogP contribution in [0.15, 0.2) is 16.7 Å². The third kappa shape index (κ3) is 2.84. The molecule has 1 aliphatic rings. The van der Waals surface area contributed by atoms with Crippen molar-refractivity contribution in [1.29, 1.82) is 0 Å². The molecule has 0 bridgehead atoms. The molecule has 2 rings (SSSR count). The Kier molecular flexibility index (Phi) is 3.98. The Labute approximate surface area is 96.4 Å². The van der Waals surface area contributed by atoms with Crippen molar-refractivity contribution in [3.05, 3.63) is 23.7 Å². The maximum absolute atomic E-state index is 5.63. The molecule has 1 fully saturated rings. The van der Waals surface area contributed by atoms with E-state index in [4.69, 9.17) is 14.9 Å². The van der Waals surface area contributed by atoms with Gasteiger partial charge in [-0.1, -0.05) is 0 Å². The lowest BCUT2D eigenvalue weighted by atomic mass is 10.2. The van der Waals surface area contributed by atoms with Crippen molar-refractivity contribution in [2.24, 2.45) is 5.73 Å². The predicted octanol–water partition coefficient (Wildman–Crippen LogP) is 1.35. The van der Waals surface area contributed by atoms with E-state index in [9.17, 15) is 0 Å². The molecule has 2 heterocycles. The first-order valence-corrected chi connectivity index (χ1v) is 5.85. The van der Waals surface area contributed by atoms with Crippen molar-refractivity contribution in [2.45, 2.75) is 32.0 Å². The number of rotatable bonds is 5. The Morgan fingerprint density at radius 1 is 1.56 bits per heavy atom. The summed E-state index contributed by atoms with van der Waals surface area (Å²) in [5.41, 5.74) is 6.73. The molecular formula is C12H20N2O2. The highest BCUT2D eigenvalue weighted by Gasteiger charge is 2.18. The number of likely N-dealkylation sites (N-methyl/N-ethyl adjacent to an activating group) is 1. The molecule has 1 saturated heterocycles. The van der Waals surface area contributed by atoms with Crippen molar-refractivity contribution in [3.63, 3.8) is 0 Å². The van der Waals surface area contributed by atoms with Crippen molar-refractivity contribution in [1.82, 2.24) is 4.90 Å². The topological polar surface area (TPSA) is 51.6 Å². The zero-order valence-electron chi connectivity index (χ0n) is 9.82. The van der Waals surface area contributed by atoms with Crippen molar-refractivity contribution in [3.8, 4) is 0 Å². The van der Waals surface area contributed by atoms with E-state index in [2.05, 4.69) is 11.9 Å². The fourth-order valence-corrected chi connectivity index (χ4v) is 2.13. The summed E-state index contributed by atoms with van der Waals surface area (Å²) in [6.07, 6.45) is 4.46. The summed E-state index contributed by atoms with van der Waals surface area (Å²) in [6, 6.07) is 1.94. The van der Waals surface area contributed by atoms with Gasteiger partial charge in [0.15, 0.2) is 0 Å². The molecule has 16 heavy (non-hydrogen) atoms. The molecule has 0 saturated carbocycles. The van der Waals surface area contributed by atoms with Gasteiger partial charge >= 0.3 is 0 Å². The van der Waals surface area contributed by atoms with Crippen LogP contribution in [-0.4, -0.2) is 31.2 Å². The Morgan fingerprint density at radius 3 is 3.12 bits per heavy atom. The molecule has 1 atom stereocenters. The second-order valence-electron chi connectivity index (χ2n) is 4.40. The fourth-order valence-electron chi connectivity index (χ4n) is 2.13. The Hall–Kier alpha value is -0.840. The molecule has 1 aliphatic heterocycles. The largest absolute Gasteiger partial charge is 0.468 e. The summed E-state index contributed by atoms with van der Waals surface area (Å²) >= 11 is 0. The quantitative estimate of drug-likeness (QED) is 0.820. The van der Waals surface area contributed by atoms with Crippen LogP contribution in [0.1, 0.15) is 24.2 Å². The van der Waals surface area contributed by atoms with Gasteiger partial charge in [-0.3, -0.25) is 4.90 Å². The number of nitrogens with two attached hydrogens (primary N) is 1. The smallest absolute Gasteiger partial charge is 0.122 e. The molecule has 4 nitrogen and oxygen atoms in total. The monoisotopic (exact) mass is 224 g/mol. The molecular weight excluding hydrogens is 204 g/mol. The average Bonchev–Trinajstić information content (AvgIpc) is 2.88. The maximum atomic E-state index is 5.63. The van der Waals surface area contributed by atoms with Crippen molar-refractivity contribution >= 4 is 0 Å². The minimum absolute atomic E-state index is 0.390. The van der Waals surface area contributed by atoms with Gasteiger partial charge in [0.1, 0.15) is 5.76 Å². The predicted molar refractivity (Wildman–Crippen MR) is 61.9 cm³/mol. The zero-order valence-corrected chi connectivity index (χ0v) is 9.82. The summed E-state index contributed by atoms with van der Waals surface area (Å²) in [5.74, 6) is 0.975. The van der Waals surface area contributed by atoms with Gasteiger partial charge in [-0.15, -0.1) is 0 Å². The normalized spacial score (nSPS) is 20.8. The van der Waals surface area contributed by atoms with E-state index in [1.54, 1.807) is 6.26 Å². The highest BCUT2D eigenvalue weighted by molar-refractivity contribution is 5.16. The Bertz CT molecular complexity index is 319. The number of ether oxygens (including phenoxy) is 1. The molecule has 0 amide bonds. The van der Waals surface area contributed by atoms with E-state index in [-0.39, 0.29) is 0 Å². The first-order chi connectivity index (χ1) is 7.79. The summed E-state index contributed by atoms with van der Waals surface area (Å²) in [5, 5.41) is 0. The zero-order chi connectivity index (χ0) is 11.4. The number of nitrogens with zero attached hydrogens (tertiary/aromatic N) is 1. The van der Waals surface area contributed by atoms with Crippen LogP contribution >= 0.6 is 0 Å². The Morgan fingerprint density at radius 2 is 2.44 bits per heavy atom. The lowest BCUT2D eigenvalue weighted by molar-refractivity contribution is 0.0773. The second kappa shape index (κ2) is 5.48. The van der Waals surface area contributed by atoms with E-state index in [1.807, 2.05) is 6.07 Å². The lowest BCUT2D eigenvalue weighted by Gasteiger charge is -2.19. The highest BCUT2D eigenvalue weighted by Crippen LogP contribution is 2.16. The van der Waals surface area contributed by atoms with Gasteiger partial charge < -0.3 is 14.9 Å². The summed E-state index contributed by atoms with van der Waals surface area (Å²) in [6.45, 7) is 3.22. The molecule has 90 valence electrons. The van der Waals surface area contributed by atoms with E-state index in [0.717, 1.165) is 31.0 Å². The van der Waals surface area contributed by atoms with Crippen LogP contribution in [0.3, 0.4) is 0 Å². The first-order valence-electron chi connectivity index (χ1n) is 5.85. The fraction of sp³-hybridized carbons (Fsp3) is 0.667. The standard InChI is InChI=1S/C12H20N2O2/c1-14(8-11-3-2-5-15-11)9-12-10(7-13)4-6-16-12/h4,6,11H,2-3,5,7-9,13H2,1H3. The number of hydrogen-bond acceptors (Lipinski definition) is 4. The van der Waals surface area contributed by atoms with Crippen LogP contribution < -0.4 is 5.73 Å². The first kappa shape index (κ1) is 11.6. The third-order valence-electron chi connectivity index (χ3n) is 3.01. The molecule has 2 N–H and O–H groups in total. The summed E-state index contributed by atoms with van der Waals surface area (Å²) in [4.78, 5) is 2.23.